The molecule has 140 valence electrons. The molecule has 28 heavy (non-hydrogen) atoms. The van der Waals surface area contributed by atoms with E-state index >= 15 is 0 Å². The van der Waals surface area contributed by atoms with Crippen LogP contribution in [0.25, 0.3) is 21.8 Å². The van der Waals surface area contributed by atoms with E-state index in [0.717, 1.165) is 11.0 Å². The molecule has 3 N–H and O–H groups in total. The number of nitrogens with one attached hydrogen (secondary N) is 3. The number of hydrazine groups is 1. The summed E-state index contributed by atoms with van der Waals surface area (Å²) < 4.78 is 1.87. The average molecular weight is 376 g/mol. The predicted octanol–water partition coefficient (Wildman–Crippen LogP) is 1.12. The number of carbonyl (C=O) groups is 2. The van der Waals surface area contributed by atoms with E-state index in [1.54, 1.807) is 30.6 Å². The second-order valence-corrected chi connectivity index (χ2v) is 6.13. The van der Waals surface area contributed by atoms with Crippen LogP contribution in [-0.2, 0) is 11.3 Å². The van der Waals surface area contributed by atoms with Gasteiger partial charge >= 0.3 is 0 Å². The van der Waals surface area contributed by atoms with E-state index in [0.29, 0.717) is 17.3 Å². The normalized spacial score (nSPS) is 10.9. The van der Waals surface area contributed by atoms with Crippen molar-refractivity contribution in [2.75, 3.05) is 0 Å². The van der Waals surface area contributed by atoms with E-state index in [-0.39, 0.29) is 23.6 Å². The number of aryl methyl sites for hydroxylation is 1. The molecule has 0 aliphatic heterocycles. The van der Waals surface area contributed by atoms with Crippen molar-refractivity contribution in [2.24, 2.45) is 0 Å². The molecule has 0 saturated heterocycles. The van der Waals surface area contributed by atoms with Crippen molar-refractivity contribution >= 4 is 33.6 Å². The van der Waals surface area contributed by atoms with Crippen LogP contribution in [0, 0.1) is 0 Å². The molecule has 0 atom stereocenters. The third-order valence-electron chi connectivity index (χ3n) is 4.33. The molecular formula is C19H16N6O3. The Morgan fingerprint density at radius 3 is 2.61 bits per heavy atom. The molecule has 0 bridgehead atoms. The lowest BCUT2D eigenvalue weighted by atomic mass is 10.1. The maximum absolute atomic E-state index is 12.4. The monoisotopic (exact) mass is 376 g/mol. The Balaban J connectivity index is 1.39. The van der Waals surface area contributed by atoms with Crippen LogP contribution >= 0.6 is 0 Å². The van der Waals surface area contributed by atoms with Gasteiger partial charge < -0.3 is 4.57 Å². The fraction of sp³-hybridized carbons (Fsp3) is 0.105. The lowest BCUT2D eigenvalue weighted by molar-refractivity contribution is -0.122. The first-order valence-electron chi connectivity index (χ1n) is 8.60. The number of fused-ring (bicyclic) bond motifs is 2. The number of hydrogen-bond acceptors (Lipinski definition) is 5. The van der Waals surface area contributed by atoms with Crippen molar-refractivity contribution in [3.8, 4) is 0 Å². The highest BCUT2D eigenvalue weighted by Crippen LogP contribution is 2.13. The highest BCUT2D eigenvalue weighted by atomic mass is 16.2. The molecule has 2 amide bonds. The zero-order valence-corrected chi connectivity index (χ0v) is 14.7. The smallest absolute Gasteiger partial charge is 0.290 e. The number of amides is 2. The van der Waals surface area contributed by atoms with Gasteiger partial charge in [0, 0.05) is 18.4 Å². The summed E-state index contributed by atoms with van der Waals surface area (Å²) in [5.74, 6) is -0.978. The lowest BCUT2D eigenvalue weighted by Gasteiger charge is -2.09. The van der Waals surface area contributed by atoms with Gasteiger partial charge in [0.2, 0.25) is 5.91 Å². The number of aromatic amines is 1. The van der Waals surface area contributed by atoms with Gasteiger partial charge in [-0.2, -0.15) is 5.10 Å². The summed E-state index contributed by atoms with van der Waals surface area (Å²) in [5.41, 5.74) is 6.12. The molecule has 0 unspecified atom stereocenters. The molecular weight excluding hydrogens is 360 g/mol. The molecule has 0 radical (unpaired) electrons. The molecule has 4 aromatic rings. The van der Waals surface area contributed by atoms with Crippen LogP contribution in [0.4, 0.5) is 0 Å². The second kappa shape index (κ2) is 7.31. The molecule has 4 rings (SSSR count). The summed E-state index contributed by atoms with van der Waals surface area (Å²) in [6.45, 7) is 0.419. The third-order valence-corrected chi connectivity index (χ3v) is 4.33. The van der Waals surface area contributed by atoms with Crippen LogP contribution < -0.4 is 16.4 Å². The number of imidazole rings is 1. The average Bonchev–Trinajstić information content (AvgIpc) is 3.14. The largest absolute Gasteiger partial charge is 0.330 e. The maximum atomic E-state index is 12.4. The Kier molecular flexibility index (Phi) is 4.55. The van der Waals surface area contributed by atoms with Crippen LogP contribution in [0.5, 0.6) is 0 Å². The highest BCUT2D eigenvalue weighted by molar-refractivity contribution is 6.05. The van der Waals surface area contributed by atoms with Gasteiger partial charge in [0.1, 0.15) is 0 Å². The third kappa shape index (κ3) is 3.32. The summed E-state index contributed by atoms with van der Waals surface area (Å²) in [6.07, 6.45) is 1.83. The quantitative estimate of drug-likeness (QED) is 0.461. The summed E-state index contributed by atoms with van der Waals surface area (Å²) in [4.78, 5) is 40.5. The first-order chi connectivity index (χ1) is 13.6. The van der Waals surface area contributed by atoms with E-state index in [9.17, 15) is 14.4 Å². The Morgan fingerprint density at radius 2 is 1.75 bits per heavy atom. The number of benzene rings is 2. The van der Waals surface area contributed by atoms with Crippen LogP contribution in [0.1, 0.15) is 16.9 Å². The Labute approximate surface area is 158 Å². The molecule has 2 heterocycles. The van der Waals surface area contributed by atoms with Gasteiger partial charge in [-0.3, -0.25) is 25.2 Å². The van der Waals surface area contributed by atoms with Gasteiger partial charge in [-0.05, 0) is 18.2 Å². The SMILES string of the molecule is O=C(CCn1cnc2ccccc21)NNC(=O)c1n[nH]c(=O)c2ccccc12. The minimum absolute atomic E-state index is 0.0242. The molecule has 2 aromatic heterocycles. The predicted molar refractivity (Wildman–Crippen MR) is 102 cm³/mol. The Bertz CT molecular complexity index is 1240. The summed E-state index contributed by atoms with van der Waals surface area (Å²) >= 11 is 0. The van der Waals surface area contributed by atoms with Crippen molar-refractivity contribution in [3.63, 3.8) is 0 Å². The molecule has 9 nitrogen and oxygen atoms in total. The van der Waals surface area contributed by atoms with Gasteiger partial charge in [-0.1, -0.05) is 30.3 Å². The number of hydrogen-bond donors (Lipinski definition) is 3. The molecule has 2 aromatic carbocycles. The van der Waals surface area contributed by atoms with Crippen LogP contribution in [-0.4, -0.2) is 31.6 Å². The zero-order chi connectivity index (χ0) is 19.5. The van der Waals surface area contributed by atoms with Crippen molar-refractivity contribution in [2.45, 2.75) is 13.0 Å². The Hall–Kier alpha value is -4.01. The van der Waals surface area contributed by atoms with E-state index in [2.05, 4.69) is 26.0 Å². The first kappa shape index (κ1) is 17.4. The van der Waals surface area contributed by atoms with Gasteiger partial charge in [0.05, 0.1) is 22.7 Å². The number of aromatic nitrogens is 4. The van der Waals surface area contributed by atoms with E-state index in [4.69, 9.17) is 0 Å². The Morgan fingerprint density at radius 1 is 1.00 bits per heavy atom. The highest BCUT2D eigenvalue weighted by Gasteiger charge is 2.14. The lowest BCUT2D eigenvalue weighted by Crippen LogP contribution is -2.42. The molecule has 0 saturated carbocycles. The molecule has 0 spiro atoms. The number of H-pyrrole nitrogens is 1. The number of rotatable bonds is 4. The minimum atomic E-state index is -0.617. The maximum Gasteiger partial charge on any atom is 0.290 e. The summed E-state index contributed by atoms with van der Waals surface area (Å²) in [6, 6.07) is 14.2. The van der Waals surface area contributed by atoms with Crippen molar-refractivity contribution < 1.29 is 9.59 Å². The van der Waals surface area contributed by atoms with Gasteiger partial charge in [-0.15, -0.1) is 0 Å². The van der Waals surface area contributed by atoms with E-state index in [1.807, 2.05) is 28.8 Å². The standard InChI is InChI=1S/C19H16N6O3/c26-16(9-10-25-11-20-14-7-3-4-8-15(14)25)21-24-19(28)17-12-5-1-2-6-13(12)18(27)23-22-17/h1-8,11H,9-10H2,(H,21,26)(H,23,27)(H,24,28). The van der Waals surface area contributed by atoms with Crippen LogP contribution in [0.3, 0.4) is 0 Å². The minimum Gasteiger partial charge on any atom is -0.330 e. The zero-order valence-electron chi connectivity index (χ0n) is 14.7. The molecule has 0 fully saturated rings. The van der Waals surface area contributed by atoms with Gasteiger partial charge in [0.25, 0.3) is 11.5 Å². The summed E-state index contributed by atoms with van der Waals surface area (Å²) in [5, 5.41) is 6.83. The van der Waals surface area contributed by atoms with Gasteiger partial charge in [0.15, 0.2) is 5.69 Å². The van der Waals surface area contributed by atoms with Crippen molar-refractivity contribution in [1.29, 1.82) is 0 Å². The van der Waals surface area contributed by atoms with E-state index < -0.39 is 5.91 Å². The molecule has 9 heteroatoms. The second-order valence-electron chi connectivity index (χ2n) is 6.13. The van der Waals surface area contributed by atoms with Crippen LogP contribution in [0.15, 0.2) is 59.7 Å². The molecule has 0 aliphatic rings. The molecule has 0 aliphatic carbocycles. The summed E-state index contributed by atoms with van der Waals surface area (Å²) in [7, 11) is 0. The van der Waals surface area contributed by atoms with Gasteiger partial charge in [-0.25, -0.2) is 10.1 Å². The van der Waals surface area contributed by atoms with Crippen LogP contribution in [0.2, 0.25) is 0 Å². The number of para-hydroxylation sites is 2. The van der Waals surface area contributed by atoms with E-state index in [1.165, 1.54) is 0 Å². The first-order valence-corrected chi connectivity index (χ1v) is 8.60. The number of nitrogens with zero attached hydrogens (tertiary/aromatic N) is 3. The fourth-order valence-corrected chi connectivity index (χ4v) is 2.95. The fourth-order valence-electron chi connectivity index (χ4n) is 2.95. The topological polar surface area (TPSA) is 122 Å². The number of carbonyl (C=O) groups excluding carboxylic acids is 2. The van der Waals surface area contributed by atoms with Crippen molar-refractivity contribution in [3.05, 3.63) is 70.9 Å². The van der Waals surface area contributed by atoms with Crippen molar-refractivity contribution in [1.82, 2.24) is 30.6 Å².